The summed E-state index contributed by atoms with van der Waals surface area (Å²) in [5, 5.41) is 3.38. The van der Waals surface area contributed by atoms with Crippen LogP contribution in [-0.2, 0) is 9.47 Å². The maximum absolute atomic E-state index is 5.91. The smallest absolute Gasteiger partial charge is 0.0619 e. The van der Waals surface area contributed by atoms with E-state index in [1.807, 2.05) is 0 Å². The average Bonchev–Trinajstić information content (AvgIpc) is 2.29. The molecule has 0 atom stereocenters. The molecule has 0 radical (unpaired) electrons. The number of piperidine rings is 1. The van der Waals surface area contributed by atoms with Gasteiger partial charge in [0.15, 0.2) is 0 Å². The van der Waals surface area contributed by atoms with E-state index in [4.69, 9.17) is 9.47 Å². The molecule has 0 aromatic rings. The summed E-state index contributed by atoms with van der Waals surface area (Å²) in [5.41, 5.74) is 0. The Balaban J connectivity index is 1.60. The zero-order valence-corrected chi connectivity index (χ0v) is 8.84. The Hall–Kier alpha value is -0.120. The molecule has 2 aliphatic rings. The second-order valence-corrected chi connectivity index (χ2v) is 4.34. The molecule has 0 amide bonds. The van der Waals surface area contributed by atoms with Gasteiger partial charge in [-0.05, 0) is 44.7 Å². The maximum Gasteiger partial charge on any atom is 0.0619 e. The van der Waals surface area contributed by atoms with Gasteiger partial charge in [-0.1, -0.05) is 0 Å². The third-order valence-corrected chi connectivity index (χ3v) is 3.19. The highest BCUT2D eigenvalue weighted by atomic mass is 16.5. The number of ether oxygens (including phenoxy) is 2. The normalized spacial score (nSPS) is 26.6. The second-order valence-electron chi connectivity index (χ2n) is 4.34. The molecule has 3 nitrogen and oxygen atoms in total. The molecule has 1 N–H and O–H groups in total. The highest BCUT2D eigenvalue weighted by Crippen LogP contribution is 2.16. The number of hydrogen-bond donors (Lipinski definition) is 1. The molecule has 14 heavy (non-hydrogen) atoms. The molecule has 2 heterocycles. The lowest BCUT2D eigenvalue weighted by Crippen LogP contribution is -2.32. The van der Waals surface area contributed by atoms with Crippen molar-refractivity contribution in [2.75, 3.05) is 32.9 Å². The van der Waals surface area contributed by atoms with Crippen molar-refractivity contribution in [1.29, 1.82) is 0 Å². The van der Waals surface area contributed by atoms with Gasteiger partial charge in [-0.15, -0.1) is 0 Å². The van der Waals surface area contributed by atoms with Crippen molar-refractivity contribution in [1.82, 2.24) is 5.32 Å². The van der Waals surface area contributed by atoms with Crippen LogP contribution in [0.3, 0.4) is 0 Å². The second kappa shape index (κ2) is 5.69. The minimum atomic E-state index is 0.471. The quantitative estimate of drug-likeness (QED) is 0.740. The minimum Gasteiger partial charge on any atom is -0.381 e. The van der Waals surface area contributed by atoms with Crippen molar-refractivity contribution in [2.45, 2.75) is 31.8 Å². The lowest BCUT2D eigenvalue weighted by atomic mass is 9.99. The largest absolute Gasteiger partial charge is 0.381 e. The summed E-state index contributed by atoms with van der Waals surface area (Å²) in [6, 6.07) is 0. The number of rotatable bonds is 3. The highest BCUT2D eigenvalue weighted by Gasteiger charge is 2.18. The van der Waals surface area contributed by atoms with Crippen LogP contribution in [0.4, 0.5) is 0 Å². The van der Waals surface area contributed by atoms with Crippen LogP contribution in [0.1, 0.15) is 25.7 Å². The lowest BCUT2D eigenvalue weighted by molar-refractivity contribution is -0.0453. The number of nitrogens with one attached hydrogen (secondary N) is 1. The molecular formula is C11H21NO2. The van der Waals surface area contributed by atoms with Crippen LogP contribution in [0.2, 0.25) is 0 Å². The predicted molar refractivity (Wildman–Crippen MR) is 55.4 cm³/mol. The first kappa shape index (κ1) is 10.4. The fraction of sp³-hybridized carbons (Fsp3) is 1.00. The van der Waals surface area contributed by atoms with Gasteiger partial charge in [-0.3, -0.25) is 0 Å². The van der Waals surface area contributed by atoms with Gasteiger partial charge >= 0.3 is 0 Å². The zero-order chi connectivity index (χ0) is 9.64. The van der Waals surface area contributed by atoms with Gasteiger partial charge in [-0.2, -0.15) is 0 Å². The first-order chi connectivity index (χ1) is 6.95. The lowest BCUT2D eigenvalue weighted by Gasteiger charge is -2.27. The van der Waals surface area contributed by atoms with Crippen LogP contribution in [0.5, 0.6) is 0 Å². The monoisotopic (exact) mass is 199 g/mol. The summed E-state index contributed by atoms with van der Waals surface area (Å²) in [7, 11) is 0. The zero-order valence-electron chi connectivity index (χ0n) is 8.84. The molecule has 0 bridgehead atoms. The van der Waals surface area contributed by atoms with E-state index in [0.717, 1.165) is 38.6 Å². The summed E-state index contributed by atoms with van der Waals surface area (Å²) in [4.78, 5) is 0. The summed E-state index contributed by atoms with van der Waals surface area (Å²) < 4.78 is 11.2. The van der Waals surface area contributed by atoms with Gasteiger partial charge in [0.25, 0.3) is 0 Å². The molecule has 0 aliphatic carbocycles. The Morgan fingerprint density at radius 1 is 1.07 bits per heavy atom. The van der Waals surface area contributed by atoms with E-state index in [9.17, 15) is 0 Å². The van der Waals surface area contributed by atoms with Gasteiger partial charge in [-0.25, -0.2) is 0 Å². The molecule has 0 saturated carbocycles. The molecule has 0 aromatic heterocycles. The molecular weight excluding hydrogens is 178 g/mol. The molecule has 2 saturated heterocycles. The van der Waals surface area contributed by atoms with Crippen molar-refractivity contribution in [2.24, 2.45) is 5.92 Å². The Morgan fingerprint density at radius 3 is 2.50 bits per heavy atom. The Labute approximate surface area is 86.2 Å². The standard InChI is InChI=1S/C11H21NO2/c1-5-12-6-2-10(1)9-14-11-3-7-13-8-4-11/h10-12H,1-9H2. The molecule has 3 heteroatoms. The van der Waals surface area contributed by atoms with E-state index in [1.54, 1.807) is 0 Å². The van der Waals surface area contributed by atoms with Crippen LogP contribution < -0.4 is 5.32 Å². The van der Waals surface area contributed by atoms with Crippen molar-refractivity contribution in [3.63, 3.8) is 0 Å². The van der Waals surface area contributed by atoms with Crippen LogP contribution >= 0.6 is 0 Å². The van der Waals surface area contributed by atoms with Crippen LogP contribution in [0.25, 0.3) is 0 Å². The minimum absolute atomic E-state index is 0.471. The van der Waals surface area contributed by atoms with Gasteiger partial charge in [0.1, 0.15) is 0 Å². The third kappa shape index (κ3) is 3.23. The third-order valence-electron chi connectivity index (χ3n) is 3.19. The van der Waals surface area contributed by atoms with E-state index < -0.39 is 0 Å². The summed E-state index contributed by atoms with van der Waals surface area (Å²) in [5.74, 6) is 0.791. The highest BCUT2D eigenvalue weighted by molar-refractivity contribution is 4.69. The number of hydrogen-bond acceptors (Lipinski definition) is 3. The van der Waals surface area contributed by atoms with Gasteiger partial charge < -0.3 is 14.8 Å². The van der Waals surface area contributed by atoms with E-state index in [1.165, 1.54) is 25.9 Å². The van der Waals surface area contributed by atoms with Gasteiger partial charge in [0.05, 0.1) is 6.10 Å². The molecule has 0 unspecified atom stereocenters. The Morgan fingerprint density at radius 2 is 1.79 bits per heavy atom. The maximum atomic E-state index is 5.91. The molecule has 2 aliphatic heterocycles. The van der Waals surface area contributed by atoms with Crippen molar-refractivity contribution in [3.05, 3.63) is 0 Å². The van der Waals surface area contributed by atoms with Crippen LogP contribution in [0, 0.1) is 5.92 Å². The van der Waals surface area contributed by atoms with Crippen LogP contribution in [0.15, 0.2) is 0 Å². The van der Waals surface area contributed by atoms with E-state index in [0.29, 0.717) is 6.10 Å². The van der Waals surface area contributed by atoms with E-state index in [2.05, 4.69) is 5.32 Å². The molecule has 2 rings (SSSR count). The summed E-state index contributed by atoms with van der Waals surface area (Å²) in [6.07, 6.45) is 5.21. The van der Waals surface area contributed by atoms with Crippen molar-refractivity contribution < 1.29 is 9.47 Å². The molecule has 0 aromatic carbocycles. The fourth-order valence-electron chi connectivity index (χ4n) is 2.16. The Bertz CT molecular complexity index is 133. The predicted octanol–water partition coefficient (Wildman–Crippen LogP) is 1.18. The van der Waals surface area contributed by atoms with Gasteiger partial charge in [0.2, 0.25) is 0 Å². The summed E-state index contributed by atoms with van der Waals surface area (Å²) in [6.45, 7) is 5.07. The SMILES string of the molecule is C1CC(COC2CCOCC2)CCN1. The van der Waals surface area contributed by atoms with Gasteiger partial charge in [0, 0.05) is 19.8 Å². The first-order valence-electron chi connectivity index (χ1n) is 5.85. The van der Waals surface area contributed by atoms with E-state index >= 15 is 0 Å². The fourth-order valence-corrected chi connectivity index (χ4v) is 2.16. The first-order valence-corrected chi connectivity index (χ1v) is 5.85. The molecule has 0 spiro atoms. The Kier molecular flexibility index (Phi) is 4.22. The van der Waals surface area contributed by atoms with Crippen LogP contribution in [-0.4, -0.2) is 39.0 Å². The molecule has 2 fully saturated rings. The topological polar surface area (TPSA) is 30.5 Å². The summed E-state index contributed by atoms with van der Waals surface area (Å²) >= 11 is 0. The van der Waals surface area contributed by atoms with Crippen molar-refractivity contribution >= 4 is 0 Å². The molecule has 82 valence electrons. The average molecular weight is 199 g/mol. The van der Waals surface area contributed by atoms with E-state index in [-0.39, 0.29) is 0 Å². The van der Waals surface area contributed by atoms with Crippen molar-refractivity contribution in [3.8, 4) is 0 Å².